The van der Waals surface area contributed by atoms with Gasteiger partial charge in [-0.05, 0) is 19.1 Å². The molecule has 1 atom stereocenters. The number of fused-ring (bicyclic) bond motifs is 1. The topological polar surface area (TPSA) is 106 Å². The van der Waals surface area contributed by atoms with E-state index in [1.807, 2.05) is 0 Å². The average molecular weight is 299 g/mol. The molecule has 0 aliphatic carbocycles. The summed E-state index contributed by atoms with van der Waals surface area (Å²) in [6.07, 6.45) is 0. The molecule has 8 heteroatoms. The Morgan fingerprint density at radius 1 is 1.35 bits per heavy atom. The molecule has 3 N–H and O–H groups in total. The highest BCUT2D eigenvalue weighted by atomic mass is 32.2. The Bertz CT molecular complexity index is 630. The van der Waals surface area contributed by atoms with Crippen molar-refractivity contribution in [3.8, 4) is 11.5 Å². The highest BCUT2D eigenvalue weighted by molar-refractivity contribution is 7.89. The summed E-state index contributed by atoms with van der Waals surface area (Å²) >= 11 is 0. The SMILES string of the molecule is CC(C(=N)N)N(C)S(=O)(=O)c1ccc2c(c1)OCCO2. The summed E-state index contributed by atoms with van der Waals surface area (Å²) in [5.74, 6) is 0.715. The number of nitrogens with two attached hydrogens (primary N) is 1. The molecule has 20 heavy (non-hydrogen) atoms. The fourth-order valence-electron chi connectivity index (χ4n) is 1.75. The lowest BCUT2D eigenvalue weighted by Gasteiger charge is -2.24. The third-order valence-corrected chi connectivity index (χ3v) is 5.11. The van der Waals surface area contributed by atoms with E-state index < -0.39 is 16.1 Å². The fourth-order valence-corrected chi connectivity index (χ4v) is 3.11. The van der Waals surface area contributed by atoms with Gasteiger partial charge in [0.25, 0.3) is 0 Å². The van der Waals surface area contributed by atoms with Crippen LogP contribution in [-0.2, 0) is 10.0 Å². The van der Waals surface area contributed by atoms with Crippen LogP contribution in [0.3, 0.4) is 0 Å². The predicted octanol–water partition coefficient (Wildman–Crippen LogP) is 0.403. The summed E-state index contributed by atoms with van der Waals surface area (Å²) in [4.78, 5) is 0.0809. The van der Waals surface area contributed by atoms with Crippen molar-refractivity contribution in [1.29, 1.82) is 5.41 Å². The molecule has 1 aliphatic rings. The number of nitrogens with zero attached hydrogens (tertiary/aromatic N) is 1. The number of nitrogens with one attached hydrogen (secondary N) is 1. The molecule has 0 spiro atoms. The first-order chi connectivity index (χ1) is 9.34. The Balaban J connectivity index is 2.37. The van der Waals surface area contributed by atoms with Gasteiger partial charge in [-0.15, -0.1) is 0 Å². The minimum atomic E-state index is -3.74. The van der Waals surface area contributed by atoms with Gasteiger partial charge in [-0.1, -0.05) is 0 Å². The van der Waals surface area contributed by atoms with Gasteiger partial charge < -0.3 is 15.2 Å². The molecule has 110 valence electrons. The van der Waals surface area contributed by atoms with Crippen molar-refractivity contribution in [2.24, 2.45) is 5.73 Å². The number of ether oxygens (including phenoxy) is 2. The summed E-state index contributed by atoms with van der Waals surface area (Å²) in [5.41, 5.74) is 5.35. The number of sulfonamides is 1. The highest BCUT2D eigenvalue weighted by Gasteiger charge is 2.28. The van der Waals surface area contributed by atoms with E-state index in [9.17, 15) is 8.42 Å². The quantitative estimate of drug-likeness (QED) is 0.618. The van der Waals surface area contributed by atoms with Gasteiger partial charge in [0.1, 0.15) is 19.0 Å². The molecule has 0 aromatic heterocycles. The van der Waals surface area contributed by atoms with Crippen LogP contribution in [0, 0.1) is 5.41 Å². The van der Waals surface area contributed by atoms with Crippen LogP contribution in [0.5, 0.6) is 11.5 Å². The predicted molar refractivity (Wildman–Crippen MR) is 73.8 cm³/mol. The van der Waals surface area contributed by atoms with E-state index in [0.717, 1.165) is 4.31 Å². The fraction of sp³-hybridized carbons (Fsp3) is 0.417. The van der Waals surface area contributed by atoms with E-state index >= 15 is 0 Å². The molecule has 1 heterocycles. The zero-order valence-corrected chi connectivity index (χ0v) is 12.1. The summed E-state index contributed by atoms with van der Waals surface area (Å²) in [6.45, 7) is 2.38. The van der Waals surface area contributed by atoms with E-state index in [-0.39, 0.29) is 10.7 Å². The van der Waals surface area contributed by atoms with Crippen LogP contribution in [0.2, 0.25) is 0 Å². The molecule has 0 bridgehead atoms. The summed E-state index contributed by atoms with van der Waals surface area (Å²) in [7, 11) is -2.35. The number of amidine groups is 1. The second-order valence-corrected chi connectivity index (χ2v) is 6.46. The first-order valence-corrected chi connectivity index (χ1v) is 7.49. The van der Waals surface area contributed by atoms with Crippen LogP contribution in [0.1, 0.15) is 6.92 Å². The summed E-state index contributed by atoms with van der Waals surface area (Å²) in [6, 6.07) is 3.72. The molecule has 0 radical (unpaired) electrons. The first kappa shape index (κ1) is 14.6. The van der Waals surface area contributed by atoms with Crippen LogP contribution in [0.25, 0.3) is 0 Å². The minimum absolute atomic E-state index is 0.0809. The molecule has 0 saturated carbocycles. The smallest absolute Gasteiger partial charge is 0.243 e. The molecule has 1 aliphatic heterocycles. The lowest BCUT2D eigenvalue weighted by atomic mass is 10.3. The number of hydrogen-bond acceptors (Lipinski definition) is 5. The molecule has 1 unspecified atom stereocenters. The minimum Gasteiger partial charge on any atom is -0.486 e. The Morgan fingerprint density at radius 2 is 1.95 bits per heavy atom. The molecule has 1 aromatic rings. The van der Waals surface area contributed by atoms with Gasteiger partial charge in [0, 0.05) is 13.1 Å². The van der Waals surface area contributed by atoms with Crippen molar-refractivity contribution in [1.82, 2.24) is 4.31 Å². The van der Waals surface area contributed by atoms with E-state index in [4.69, 9.17) is 20.6 Å². The van der Waals surface area contributed by atoms with Gasteiger partial charge >= 0.3 is 0 Å². The van der Waals surface area contributed by atoms with Gasteiger partial charge in [-0.3, -0.25) is 5.41 Å². The van der Waals surface area contributed by atoms with Crippen molar-refractivity contribution in [3.05, 3.63) is 18.2 Å². The zero-order valence-electron chi connectivity index (χ0n) is 11.3. The maximum atomic E-state index is 12.4. The Morgan fingerprint density at radius 3 is 2.55 bits per heavy atom. The van der Waals surface area contributed by atoms with E-state index in [1.165, 1.54) is 19.2 Å². The summed E-state index contributed by atoms with van der Waals surface area (Å²) in [5, 5.41) is 7.35. The van der Waals surface area contributed by atoms with Crippen LogP contribution in [0.4, 0.5) is 0 Å². The Kier molecular flexibility index (Phi) is 3.87. The second kappa shape index (κ2) is 5.29. The molecule has 0 fully saturated rings. The molecule has 1 aromatic carbocycles. The van der Waals surface area contributed by atoms with Gasteiger partial charge in [-0.2, -0.15) is 4.31 Å². The number of hydrogen-bond donors (Lipinski definition) is 2. The first-order valence-electron chi connectivity index (χ1n) is 6.05. The standard InChI is InChI=1S/C12H17N3O4S/c1-8(12(13)14)15(2)20(16,17)9-3-4-10-11(7-9)19-6-5-18-10/h3-4,7-8H,5-6H2,1-2H3,(H3,13,14). The number of benzene rings is 1. The third-order valence-electron chi connectivity index (χ3n) is 3.19. The monoisotopic (exact) mass is 299 g/mol. The molecule has 0 saturated heterocycles. The van der Waals surface area contributed by atoms with Gasteiger partial charge in [0.2, 0.25) is 10.0 Å². The second-order valence-electron chi connectivity index (χ2n) is 4.46. The van der Waals surface area contributed by atoms with E-state index in [0.29, 0.717) is 24.7 Å². The molecule has 0 amide bonds. The van der Waals surface area contributed by atoms with E-state index in [1.54, 1.807) is 13.0 Å². The molecular weight excluding hydrogens is 282 g/mol. The normalized spacial score (nSPS) is 15.9. The average Bonchev–Trinajstić information content (AvgIpc) is 2.44. The van der Waals surface area contributed by atoms with Crippen LogP contribution in [0.15, 0.2) is 23.1 Å². The largest absolute Gasteiger partial charge is 0.486 e. The van der Waals surface area contributed by atoms with Crippen molar-refractivity contribution in [3.63, 3.8) is 0 Å². The lowest BCUT2D eigenvalue weighted by Crippen LogP contribution is -2.43. The zero-order chi connectivity index (χ0) is 14.9. The molecule has 7 nitrogen and oxygen atoms in total. The maximum Gasteiger partial charge on any atom is 0.243 e. The van der Waals surface area contributed by atoms with Crippen LogP contribution >= 0.6 is 0 Å². The van der Waals surface area contributed by atoms with Crippen molar-refractivity contribution >= 4 is 15.9 Å². The van der Waals surface area contributed by atoms with E-state index in [2.05, 4.69) is 0 Å². The van der Waals surface area contributed by atoms with Crippen molar-refractivity contribution < 1.29 is 17.9 Å². The maximum absolute atomic E-state index is 12.4. The highest BCUT2D eigenvalue weighted by Crippen LogP contribution is 2.33. The summed E-state index contributed by atoms with van der Waals surface area (Å²) < 4.78 is 36.7. The van der Waals surface area contributed by atoms with Crippen molar-refractivity contribution in [2.45, 2.75) is 17.9 Å². The lowest BCUT2D eigenvalue weighted by molar-refractivity contribution is 0.171. The molecule has 2 rings (SSSR count). The van der Waals surface area contributed by atoms with Gasteiger partial charge in [0.05, 0.1) is 10.9 Å². The van der Waals surface area contributed by atoms with Crippen molar-refractivity contribution in [2.75, 3.05) is 20.3 Å². The van der Waals surface area contributed by atoms with Crippen LogP contribution < -0.4 is 15.2 Å². The van der Waals surface area contributed by atoms with Crippen LogP contribution in [-0.4, -0.2) is 44.9 Å². The van der Waals surface area contributed by atoms with Gasteiger partial charge in [0.15, 0.2) is 11.5 Å². The Hall–Kier alpha value is -1.80. The number of likely N-dealkylation sites (N-methyl/N-ethyl adjacent to an activating group) is 1. The third kappa shape index (κ3) is 2.56. The Labute approximate surface area is 117 Å². The number of rotatable bonds is 4. The molecular formula is C12H17N3O4S. The van der Waals surface area contributed by atoms with Gasteiger partial charge in [-0.25, -0.2) is 8.42 Å².